The summed E-state index contributed by atoms with van der Waals surface area (Å²) in [5, 5.41) is 17.3. The minimum absolute atomic E-state index is 0.349. The Kier molecular flexibility index (Phi) is 8.03. The highest BCUT2D eigenvalue weighted by Crippen LogP contribution is 2.36. The molecule has 152 valence electrons. The zero-order chi connectivity index (χ0) is 20.5. The predicted molar refractivity (Wildman–Crippen MR) is 111 cm³/mol. The monoisotopic (exact) mass is 392 g/mol. The molecule has 1 aromatic carbocycles. The molecule has 0 atom stereocenters. The van der Waals surface area contributed by atoms with Gasteiger partial charge >= 0.3 is 0 Å². The Labute approximate surface area is 173 Å². The van der Waals surface area contributed by atoms with Gasteiger partial charge < -0.3 is 4.74 Å². The molecule has 2 saturated carbocycles. The second-order valence-corrected chi connectivity index (χ2v) is 8.33. The Hall–Kier alpha value is -2.43. The molecular formula is C25H29FN2O. The van der Waals surface area contributed by atoms with Gasteiger partial charge in [-0.25, -0.2) is 0 Å². The zero-order valence-electron chi connectivity index (χ0n) is 16.9. The Morgan fingerprint density at radius 2 is 1.69 bits per heavy atom. The van der Waals surface area contributed by atoms with Crippen molar-refractivity contribution in [2.45, 2.75) is 63.4 Å². The summed E-state index contributed by atoms with van der Waals surface area (Å²) < 4.78 is 19.0. The normalized spacial score (nSPS) is 28.0. The van der Waals surface area contributed by atoms with Crippen molar-refractivity contribution in [1.82, 2.24) is 0 Å². The molecule has 0 amide bonds. The molecule has 0 radical (unpaired) electrons. The molecule has 1 aromatic rings. The van der Waals surface area contributed by atoms with Gasteiger partial charge in [-0.2, -0.15) is 14.9 Å². The van der Waals surface area contributed by atoms with Crippen LogP contribution in [0.1, 0.15) is 68.4 Å². The van der Waals surface area contributed by atoms with E-state index in [2.05, 4.69) is 18.2 Å². The number of ether oxygens (including phenoxy) is 1. The minimum Gasteiger partial charge on any atom is -0.378 e. The number of allylic oxidation sites excluding steroid dienone is 4. The summed E-state index contributed by atoms with van der Waals surface area (Å²) in [6.07, 6.45) is 14.3. The van der Waals surface area contributed by atoms with E-state index in [1.165, 1.54) is 43.4 Å². The lowest BCUT2D eigenvalue weighted by Gasteiger charge is -2.32. The Morgan fingerprint density at radius 1 is 1.00 bits per heavy atom. The van der Waals surface area contributed by atoms with Crippen molar-refractivity contribution in [1.29, 1.82) is 10.5 Å². The Morgan fingerprint density at radius 3 is 2.31 bits per heavy atom. The van der Waals surface area contributed by atoms with Crippen LogP contribution in [0.5, 0.6) is 0 Å². The van der Waals surface area contributed by atoms with E-state index < -0.39 is 5.83 Å². The number of benzene rings is 1. The maximum atomic E-state index is 12.8. The van der Waals surface area contributed by atoms with Crippen LogP contribution in [0.3, 0.4) is 0 Å². The lowest BCUT2D eigenvalue weighted by atomic mass is 9.79. The fourth-order valence-corrected chi connectivity index (χ4v) is 4.55. The average Bonchev–Trinajstić information content (AvgIpc) is 2.79. The highest BCUT2D eigenvalue weighted by atomic mass is 19.1. The van der Waals surface area contributed by atoms with Gasteiger partial charge in [-0.05, 0) is 92.9 Å². The van der Waals surface area contributed by atoms with Gasteiger partial charge in [0.25, 0.3) is 0 Å². The summed E-state index contributed by atoms with van der Waals surface area (Å²) >= 11 is 0. The van der Waals surface area contributed by atoms with E-state index >= 15 is 0 Å². The molecule has 0 N–H and O–H groups in total. The van der Waals surface area contributed by atoms with Gasteiger partial charge in [0, 0.05) is 6.61 Å². The van der Waals surface area contributed by atoms with Crippen LogP contribution in [0.25, 0.3) is 0 Å². The van der Waals surface area contributed by atoms with Gasteiger partial charge in [-0.15, -0.1) is 0 Å². The highest BCUT2D eigenvalue weighted by Gasteiger charge is 2.25. The fourth-order valence-electron chi connectivity index (χ4n) is 4.55. The lowest BCUT2D eigenvalue weighted by molar-refractivity contribution is -0.00456. The van der Waals surface area contributed by atoms with Crippen molar-refractivity contribution >= 4 is 0 Å². The van der Waals surface area contributed by atoms with E-state index in [4.69, 9.17) is 15.3 Å². The van der Waals surface area contributed by atoms with Gasteiger partial charge in [0.05, 0.1) is 17.7 Å². The van der Waals surface area contributed by atoms with Crippen molar-refractivity contribution in [2.75, 3.05) is 6.61 Å². The number of halogens is 1. The molecule has 3 rings (SSSR count). The molecule has 0 saturated heterocycles. The summed E-state index contributed by atoms with van der Waals surface area (Å²) in [5.74, 6) is 0.982. The summed E-state index contributed by atoms with van der Waals surface area (Å²) in [6, 6.07) is 11.7. The predicted octanol–water partition coefficient (Wildman–Crippen LogP) is 6.34. The molecule has 0 spiro atoms. The third-order valence-electron chi connectivity index (χ3n) is 6.38. The number of rotatable bonds is 6. The van der Waals surface area contributed by atoms with Crippen molar-refractivity contribution < 1.29 is 9.13 Å². The lowest BCUT2D eigenvalue weighted by Crippen LogP contribution is -2.25. The van der Waals surface area contributed by atoms with Crippen LogP contribution in [0.4, 0.5) is 4.39 Å². The van der Waals surface area contributed by atoms with Gasteiger partial charge in [0.1, 0.15) is 6.07 Å². The van der Waals surface area contributed by atoms with Gasteiger partial charge in [0.2, 0.25) is 0 Å². The number of hydrogen-bond acceptors (Lipinski definition) is 3. The van der Waals surface area contributed by atoms with Crippen molar-refractivity contribution in [3.8, 4) is 12.1 Å². The first-order chi connectivity index (χ1) is 14.2. The first-order valence-corrected chi connectivity index (χ1v) is 10.7. The van der Waals surface area contributed by atoms with Crippen LogP contribution in [0.15, 0.2) is 48.3 Å². The number of nitrogens with zero attached hydrogens (tertiary/aromatic N) is 2. The van der Waals surface area contributed by atoms with E-state index in [1.54, 1.807) is 6.08 Å². The molecule has 2 aliphatic carbocycles. The second kappa shape index (κ2) is 10.9. The molecule has 4 heteroatoms. The standard InChI is InChI=1S/C25H29FN2O/c26-24(17-28)3-1-2-19-8-14-25(15-9-19)29-18-21-6-12-23(13-7-21)22-10-4-20(16-27)5-11-22/h1-5,10-11,19,21,23,25H,6-9,12-15,18H2/b2-1+,24-3-. The van der Waals surface area contributed by atoms with Crippen LogP contribution in [0.2, 0.25) is 0 Å². The minimum atomic E-state index is -0.743. The van der Waals surface area contributed by atoms with Gasteiger partial charge in [-0.1, -0.05) is 24.3 Å². The highest BCUT2D eigenvalue weighted by molar-refractivity contribution is 5.33. The molecule has 29 heavy (non-hydrogen) atoms. The van der Waals surface area contributed by atoms with Crippen molar-refractivity contribution in [2.24, 2.45) is 11.8 Å². The first-order valence-electron chi connectivity index (χ1n) is 10.7. The van der Waals surface area contributed by atoms with Crippen LogP contribution in [-0.4, -0.2) is 12.7 Å². The fraction of sp³-hybridized carbons (Fsp3) is 0.520. The Balaban J connectivity index is 1.34. The van der Waals surface area contributed by atoms with Crippen LogP contribution < -0.4 is 0 Å². The Bertz CT molecular complexity index is 784. The third kappa shape index (κ3) is 6.55. The van der Waals surface area contributed by atoms with E-state index in [1.807, 2.05) is 18.2 Å². The maximum Gasteiger partial charge on any atom is 0.199 e. The third-order valence-corrected chi connectivity index (χ3v) is 6.38. The largest absolute Gasteiger partial charge is 0.378 e. The van der Waals surface area contributed by atoms with Gasteiger partial charge in [-0.3, -0.25) is 0 Å². The average molecular weight is 393 g/mol. The first kappa shape index (κ1) is 21.3. The second-order valence-electron chi connectivity index (χ2n) is 8.33. The molecular weight excluding hydrogens is 363 g/mol. The maximum absolute atomic E-state index is 12.8. The molecule has 0 aromatic heterocycles. The summed E-state index contributed by atoms with van der Waals surface area (Å²) in [4.78, 5) is 0. The SMILES string of the molecule is N#C/C(F)=C/C=C/C1CCC(OCC2CCC(c3ccc(C#N)cc3)CC2)CC1. The zero-order valence-corrected chi connectivity index (χ0v) is 16.9. The van der Waals surface area contributed by atoms with Crippen molar-refractivity contribution in [3.63, 3.8) is 0 Å². The van der Waals surface area contributed by atoms with Gasteiger partial charge in [0.15, 0.2) is 5.83 Å². The molecule has 0 unspecified atom stereocenters. The molecule has 0 heterocycles. The van der Waals surface area contributed by atoms with E-state index in [0.29, 0.717) is 23.9 Å². The molecule has 2 aliphatic rings. The van der Waals surface area contributed by atoms with E-state index in [0.717, 1.165) is 37.9 Å². The topological polar surface area (TPSA) is 56.8 Å². The van der Waals surface area contributed by atoms with Crippen LogP contribution in [-0.2, 0) is 4.74 Å². The van der Waals surface area contributed by atoms with Crippen LogP contribution in [0, 0.1) is 34.5 Å². The molecule has 0 bridgehead atoms. The quantitative estimate of drug-likeness (QED) is 0.419. The molecule has 2 fully saturated rings. The number of hydrogen-bond donors (Lipinski definition) is 0. The summed E-state index contributed by atoms with van der Waals surface area (Å²) in [5.41, 5.74) is 2.09. The molecule has 0 aliphatic heterocycles. The summed E-state index contributed by atoms with van der Waals surface area (Å²) in [6.45, 7) is 0.862. The van der Waals surface area contributed by atoms with Crippen molar-refractivity contribution in [3.05, 3.63) is 59.4 Å². The smallest absolute Gasteiger partial charge is 0.199 e. The summed E-state index contributed by atoms with van der Waals surface area (Å²) in [7, 11) is 0. The van der Waals surface area contributed by atoms with E-state index in [9.17, 15) is 4.39 Å². The number of nitriles is 2. The van der Waals surface area contributed by atoms with E-state index in [-0.39, 0.29) is 0 Å². The molecule has 3 nitrogen and oxygen atoms in total. The van der Waals surface area contributed by atoms with Crippen LogP contribution >= 0.6 is 0 Å².